The summed E-state index contributed by atoms with van der Waals surface area (Å²) in [6.07, 6.45) is -0.611. The number of likely N-dealkylation sites (N-methyl/N-ethyl adjacent to an activating group) is 1. The van der Waals surface area contributed by atoms with Crippen molar-refractivity contribution in [3.8, 4) is 0 Å². The van der Waals surface area contributed by atoms with Gasteiger partial charge in [-0.2, -0.15) is 0 Å². The number of carbonyl (C=O) groups excluding carboxylic acids is 2. The molecule has 0 fully saturated rings. The molecule has 2 N–H and O–H groups in total. The molecule has 2 amide bonds. The maximum Gasteiger partial charge on any atom is 0.244 e. The second-order valence-electron chi connectivity index (χ2n) is 9.82. The minimum absolute atomic E-state index is 0.0246. The standard InChI is InChI=1S/C31H30N4O3/c1-21(32-29(36)19-22-16-17-23-10-6-7-13-25(23)18-22)31(37)34-28-20-35(2,38)27-15-9-8-14-26(27)30(33-28)24-11-4-3-5-12-24/h3-18,21,28H,19-20H2,1-2H3,(H,32,36)(H,34,37)/t21-,28?,35?/m0/s1. The van der Waals surface area contributed by atoms with Gasteiger partial charge in [0.05, 0.1) is 24.7 Å². The molecule has 1 heterocycles. The zero-order valence-corrected chi connectivity index (χ0v) is 21.4. The Balaban J connectivity index is 1.31. The molecule has 0 bridgehead atoms. The highest BCUT2D eigenvalue weighted by Crippen LogP contribution is 2.31. The molecule has 192 valence electrons. The molecular formula is C31H30N4O3. The number of nitrogens with one attached hydrogen (secondary N) is 2. The van der Waals surface area contributed by atoms with Crippen LogP contribution in [-0.2, 0) is 16.0 Å². The molecule has 7 heteroatoms. The summed E-state index contributed by atoms with van der Waals surface area (Å²) < 4.78 is -0.691. The van der Waals surface area contributed by atoms with E-state index in [4.69, 9.17) is 4.99 Å². The summed E-state index contributed by atoms with van der Waals surface area (Å²) >= 11 is 0. The SMILES string of the molecule is C[C@H](NC(=O)Cc1ccc2ccccc2c1)C(=O)NC1C[N+](C)([O-])c2ccccc2C(c2ccccc2)=N1. The van der Waals surface area contributed by atoms with Gasteiger partial charge in [0, 0.05) is 11.6 Å². The van der Waals surface area contributed by atoms with Crippen molar-refractivity contribution < 1.29 is 9.59 Å². The molecule has 0 saturated heterocycles. The topological polar surface area (TPSA) is 93.6 Å². The maximum atomic E-state index is 13.6. The number of quaternary nitrogens is 1. The monoisotopic (exact) mass is 506 g/mol. The van der Waals surface area contributed by atoms with E-state index in [1.807, 2.05) is 91.0 Å². The third-order valence-corrected chi connectivity index (χ3v) is 6.78. The largest absolute Gasteiger partial charge is 0.627 e. The predicted octanol–water partition coefficient (Wildman–Crippen LogP) is 4.32. The van der Waals surface area contributed by atoms with Gasteiger partial charge in [-0.25, -0.2) is 0 Å². The van der Waals surface area contributed by atoms with Gasteiger partial charge in [0.25, 0.3) is 0 Å². The number of fused-ring (bicyclic) bond motifs is 2. The first-order valence-corrected chi connectivity index (χ1v) is 12.7. The van der Waals surface area contributed by atoms with Gasteiger partial charge >= 0.3 is 0 Å². The average Bonchev–Trinajstić information content (AvgIpc) is 3.02. The van der Waals surface area contributed by atoms with Crippen LogP contribution in [0.5, 0.6) is 0 Å². The summed E-state index contributed by atoms with van der Waals surface area (Å²) in [5.74, 6) is -0.655. The van der Waals surface area contributed by atoms with Gasteiger partial charge in [-0.15, -0.1) is 0 Å². The van der Waals surface area contributed by atoms with E-state index in [9.17, 15) is 14.8 Å². The summed E-state index contributed by atoms with van der Waals surface area (Å²) in [5.41, 5.74) is 3.70. The third-order valence-electron chi connectivity index (χ3n) is 6.78. The van der Waals surface area contributed by atoms with E-state index < -0.39 is 22.8 Å². The fourth-order valence-electron chi connectivity index (χ4n) is 4.87. The molecule has 7 nitrogen and oxygen atoms in total. The van der Waals surface area contributed by atoms with Crippen LogP contribution in [0.2, 0.25) is 0 Å². The molecule has 0 aromatic heterocycles. The van der Waals surface area contributed by atoms with Crippen LogP contribution in [0.3, 0.4) is 0 Å². The lowest BCUT2D eigenvalue weighted by Crippen LogP contribution is -2.53. The number of para-hydroxylation sites is 1. The normalized spacial score (nSPS) is 19.6. The van der Waals surface area contributed by atoms with Crippen molar-refractivity contribution in [2.45, 2.75) is 25.6 Å². The summed E-state index contributed by atoms with van der Waals surface area (Å²) in [7, 11) is 1.57. The number of hydrogen-bond donors (Lipinski definition) is 2. The third kappa shape index (κ3) is 5.49. The first kappa shape index (κ1) is 25.3. The van der Waals surface area contributed by atoms with Crippen molar-refractivity contribution in [3.63, 3.8) is 0 Å². The van der Waals surface area contributed by atoms with Crippen LogP contribution in [0, 0.1) is 5.21 Å². The van der Waals surface area contributed by atoms with E-state index in [1.165, 1.54) is 0 Å². The number of carbonyl (C=O) groups is 2. The van der Waals surface area contributed by atoms with Crippen LogP contribution < -0.4 is 15.3 Å². The lowest BCUT2D eigenvalue weighted by Gasteiger charge is -2.39. The molecule has 0 radical (unpaired) electrons. The molecule has 0 saturated carbocycles. The Labute approximate surface area is 222 Å². The van der Waals surface area contributed by atoms with Crippen molar-refractivity contribution in [1.82, 2.24) is 15.3 Å². The van der Waals surface area contributed by atoms with Crippen molar-refractivity contribution in [3.05, 3.63) is 119 Å². The molecule has 1 aliphatic rings. The number of nitrogens with zero attached hydrogens (tertiary/aromatic N) is 2. The molecule has 5 rings (SSSR count). The van der Waals surface area contributed by atoms with E-state index in [1.54, 1.807) is 20.0 Å². The fourth-order valence-corrected chi connectivity index (χ4v) is 4.87. The van der Waals surface area contributed by atoms with Crippen LogP contribution in [-0.4, -0.2) is 43.3 Å². The Morgan fingerprint density at radius 2 is 1.63 bits per heavy atom. The van der Waals surface area contributed by atoms with Crippen LogP contribution >= 0.6 is 0 Å². The molecular weight excluding hydrogens is 476 g/mol. The molecule has 1 aliphatic heterocycles. The summed E-state index contributed by atoms with van der Waals surface area (Å²) in [5, 5.41) is 21.5. The van der Waals surface area contributed by atoms with Crippen LogP contribution in [0.4, 0.5) is 5.69 Å². The minimum Gasteiger partial charge on any atom is -0.627 e. The van der Waals surface area contributed by atoms with Crippen molar-refractivity contribution in [2.75, 3.05) is 13.6 Å². The van der Waals surface area contributed by atoms with Gasteiger partial charge in [-0.3, -0.25) is 14.6 Å². The molecule has 3 atom stereocenters. The van der Waals surface area contributed by atoms with E-state index in [-0.39, 0.29) is 18.9 Å². The molecule has 2 unspecified atom stereocenters. The molecule has 38 heavy (non-hydrogen) atoms. The Bertz CT molecular complexity index is 1510. The highest BCUT2D eigenvalue weighted by Gasteiger charge is 2.32. The van der Waals surface area contributed by atoms with Gasteiger partial charge in [-0.05, 0) is 29.3 Å². The molecule has 4 aromatic rings. The van der Waals surface area contributed by atoms with Crippen LogP contribution in [0.25, 0.3) is 10.8 Å². The first-order chi connectivity index (χ1) is 18.3. The van der Waals surface area contributed by atoms with E-state index in [0.29, 0.717) is 11.4 Å². The van der Waals surface area contributed by atoms with Crippen LogP contribution in [0.15, 0.2) is 102 Å². The van der Waals surface area contributed by atoms with E-state index in [0.717, 1.165) is 27.5 Å². The Morgan fingerprint density at radius 3 is 2.42 bits per heavy atom. The first-order valence-electron chi connectivity index (χ1n) is 12.7. The van der Waals surface area contributed by atoms with Crippen molar-refractivity contribution in [2.24, 2.45) is 4.99 Å². The zero-order chi connectivity index (χ0) is 26.7. The quantitative estimate of drug-likeness (QED) is 0.301. The number of aliphatic imine (C=N–C) groups is 1. The fraction of sp³-hybridized carbons (Fsp3) is 0.194. The van der Waals surface area contributed by atoms with Gasteiger partial charge in [0.15, 0.2) is 6.17 Å². The zero-order valence-electron chi connectivity index (χ0n) is 21.4. The molecule has 0 aliphatic carbocycles. The average molecular weight is 507 g/mol. The Hall–Kier alpha value is -4.33. The second kappa shape index (κ2) is 10.6. The Kier molecular flexibility index (Phi) is 7.05. The number of rotatable bonds is 6. The van der Waals surface area contributed by atoms with Gasteiger partial charge in [-0.1, -0.05) is 84.9 Å². The van der Waals surface area contributed by atoms with Gasteiger partial charge in [0.2, 0.25) is 11.8 Å². The summed E-state index contributed by atoms with van der Waals surface area (Å²) in [6.45, 7) is 1.66. The number of benzene rings is 4. The van der Waals surface area contributed by atoms with Gasteiger partial charge in [0.1, 0.15) is 18.3 Å². The van der Waals surface area contributed by atoms with E-state index >= 15 is 0 Å². The maximum absolute atomic E-state index is 13.6. The van der Waals surface area contributed by atoms with Crippen molar-refractivity contribution >= 4 is 34.0 Å². The number of benzodiazepines with no additional fused rings is 1. The lowest BCUT2D eigenvalue weighted by molar-refractivity contribution is -0.128. The highest BCUT2D eigenvalue weighted by atomic mass is 16.5. The van der Waals surface area contributed by atoms with Crippen LogP contribution in [0.1, 0.15) is 23.6 Å². The predicted molar refractivity (Wildman–Crippen MR) is 152 cm³/mol. The van der Waals surface area contributed by atoms with Crippen molar-refractivity contribution in [1.29, 1.82) is 0 Å². The minimum atomic E-state index is -0.797. The summed E-state index contributed by atoms with van der Waals surface area (Å²) in [4.78, 5) is 30.7. The second-order valence-corrected chi connectivity index (χ2v) is 9.82. The number of hydrogen-bond acceptors (Lipinski definition) is 4. The smallest absolute Gasteiger partial charge is 0.244 e. The highest BCUT2D eigenvalue weighted by molar-refractivity contribution is 6.16. The molecule has 4 aromatic carbocycles. The van der Waals surface area contributed by atoms with E-state index in [2.05, 4.69) is 10.6 Å². The Morgan fingerprint density at radius 1 is 0.947 bits per heavy atom. The number of amides is 2. The lowest BCUT2D eigenvalue weighted by atomic mass is 10.0. The number of hydroxylamine groups is 2. The molecule has 0 spiro atoms. The summed E-state index contributed by atoms with van der Waals surface area (Å²) in [6, 6.07) is 30.1. The van der Waals surface area contributed by atoms with Gasteiger partial charge < -0.3 is 20.5 Å².